The Morgan fingerprint density at radius 1 is 0.623 bits per heavy atom. The van der Waals surface area contributed by atoms with Crippen LogP contribution in [0.3, 0.4) is 0 Å². The molecule has 2 unspecified atom stereocenters. The normalized spacial score (nSPS) is 12.3. The van der Waals surface area contributed by atoms with Crippen molar-refractivity contribution < 1.29 is 47.6 Å². The Kier molecular flexibility index (Phi) is 19.5. The van der Waals surface area contributed by atoms with E-state index in [-0.39, 0.29) is 37.9 Å². The minimum absolute atomic E-state index is 0.0692. The van der Waals surface area contributed by atoms with Crippen molar-refractivity contribution in [1.82, 2.24) is 0 Å². The zero-order valence-electron chi connectivity index (χ0n) is 30.9. The molecule has 53 heavy (non-hydrogen) atoms. The fourth-order valence-corrected chi connectivity index (χ4v) is 9.93. The number of halogens is 4. The number of hydrogen-bond acceptors (Lipinski definition) is 12. The standard InChI is InChI=1S/C37H44Br4O10S2/c1-11-25(42)50-23(13-46-27(44)17-52-9)15-48-35-19(3)31(38)29(32(39)20(35)4)37(7,8)30-33(40)21(5)36(22(6)34(30)41)49-16-24(51-26(43)12-2)14-47-28(45)18-53-10/h11-12,23-24H,1-2,13-18H2,3-10H3. The topological polar surface area (TPSA) is 124 Å². The van der Waals surface area contributed by atoms with E-state index in [2.05, 4.69) is 90.7 Å². The molecule has 2 atom stereocenters. The van der Waals surface area contributed by atoms with Crippen molar-refractivity contribution in [2.24, 2.45) is 0 Å². The zero-order chi connectivity index (χ0) is 40.2. The van der Waals surface area contributed by atoms with Gasteiger partial charge in [-0.3, -0.25) is 9.59 Å². The second-order valence-corrected chi connectivity index (χ2v) is 17.1. The van der Waals surface area contributed by atoms with Crippen LogP contribution in [0, 0.1) is 27.7 Å². The average Bonchev–Trinajstić information content (AvgIpc) is 3.10. The first-order valence-electron chi connectivity index (χ1n) is 16.1. The van der Waals surface area contributed by atoms with Crippen LogP contribution in [0.25, 0.3) is 0 Å². The highest BCUT2D eigenvalue weighted by Crippen LogP contribution is 2.52. The molecular weight excluding hydrogens is 988 g/mol. The summed E-state index contributed by atoms with van der Waals surface area (Å²) in [4.78, 5) is 48.1. The number of ether oxygens (including phenoxy) is 6. The Bertz CT molecular complexity index is 1530. The zero-order valence-corrected chi connectivity index (χ0v) is 38.9. The molecule has 10 nitrogen and oxygen atoms in total. The van der Waals surface area contributed by atoms with Gasteiger partial charge in [0.25, 0.3) is 0 Å². The van der Waals surface area contributed by atoms with Crippen LogP contribution in [0.4, 0.5) is 0 Å². The highest BCUT2D eigenvalue weighted by atomic mass is 79.9. The van der Waals surface area contributed by atoms with Crippen LogP contribution in [0.5, 0.6) is 11.5 Å². The van der Waals surface area contributed by atoms with E-state index in [9.17, 15) is 19.2 Å². The van der Waals surface area contributed by atoms with Crippen LogP contribution in [-0.2, 0) is 43.5 Å². The molecular formula is C37H44Br4O10S2. The van der Waals surface area contributed by atoms with Crippen LogP contribution >= 0.6 is 87.2 Å². The summed E-state index contributed by atoms with van der Waals surface area (Å²) in [5, 5.41) is 0. The van der Waals surface area contributed by atoms with Gasteiger partial charge in [0.15, 0.2) is 12.2 Å². The molecule has 292 valence electrons. The van der Waals surface area contributed by atoms with Gasteiger partial charge in [-0.05, 0) is 51.3 Å². The second kappa shape index (κ2) is 21.9. The first-order chi connectivity index (χ1) is 24.9. The van der Waals surface area contributed by atoms with Crippen LogP contribution in [0.1, 0.15) is 47.2 Å². The summed E-state index contributed by atoms with van der Waals surface area (Å²) in [7, 11) is 0. The molecule has 0 N–H and O–H groups in total. The highest BCUT2D eigenvalue weighted by Gasteiger charge is 2.37. The first kappa shape index (κ1) is 47.2. The molecule has 16 heteroatoms. The summed E-state index contributed by atoms with van der Waals surface area (Å²) in [6, 6.07) is 0. The number of carbonyl (C=O) groups is 4. The lowest BCUT2D eigenvalue weighted by Gasteiger charge is -2.34. The maximum atomic E-state index is 12.0. The lowest BCUT2D eigenvalue weighted by atomic mass is 9.76. The molecule has 2 aromatic rings. The Morgan fingerprint density at radius 3 is 1.19 bits per heavy atom. The Labute approximate surface area is 353 Å². The van der Waals surface area contributed by atoms with Gasteiger partial charge >= 0.3 is 23.9 Å². The third kappa shape index (κ3) is 12.5. The summed E-state index contributed by atoms with van der Waals surface area (Å²) in [6.45, 7) is 18.3. The summed E-state index contributed by atoms with van der Waals surface area (Å²) in [5.74, 6) is -0.688. The van der Waals surface area contributed by atoms with Gasteiger partial charge < -0.3 is 28.4 Å². The molecule has 2 rings (SSSR count). The molecule has 0 aliphatic carbocycles. The number of esters is 4. The number of thioether (sulfide) groups is 2. The molecule has 0 radical (unpaired) electrons. The minimum atomic E-state index is -0.864. The maximum Gasteiger partial charge on any atom is 0.330 e. The third-order valence-electron chi connectivity index (χ3n) is 7.92. The Morgan fingerprint density at radius 2 is 0.925 bits per heavy atom. The fraction of sp³-hybridized carbons (Fsp3) is 0.459. The number of carbonyl (C=O) groups excluding carboxylic acids is 4. The van der Waals surface area contributed by atoms with E-state index in [1.807, 2.05) is 27.7 Å². The third-order valence-corrected chi connectivity index (χ3v) is 12.9. The van der Waals surface area contributed by atoms with E-state index in [4.69, 9.17) is 28.4 Å². The Hall–Kier alpha value is -1.98. The summed E-state index contributed by atoms with van der Waals surface area (Å²) in [5.41, 5.74) is 4.47. The molecule has 0 saturated heterocycles. The van der Waals surface area contributed by atoms with E-state index >= 15 is 0 Å². The predicted octanol–water partition coefficient (Wildman–Crippen LogP) is 9.06. The molecule has 0 aliphatic heterocycles. The van der Waals surface area contributed by atoms with Gasteiger partial charge in [0, 0.05) is 57.7 Å². The smallest absolute Gasteiger partial charge is 0.330 e. The molecule has 0 fully saturated rings. The van der Waals surface area contributed by atoms with Gasteiger partial charge in [-0.1, -0.05) is 90.7 Å². The molecule has 0 aromatic heterocycles. The average molecular weight is 1030 g/mol. The van der Waals surface area contributed by atoms with Gasteiger partial charge in [-0.25, -0.2) is 9.59 Å². The van der Waals surface area contributed by atoms with E-state index in [0.29, 0.717) is 11.5 Å². The second-order valence-electron chi connectivity index (χ2n) is 12.2. The van der Waals surface area contributed by atoms with Crippen molar-refractivity contribution in [2.75, 3.05) is 50.4 Å². The van der Waals surface area contributed by atoms with Gasteiger partial charge in [0.1, 0.15) is 37.9 Å². The van der Waals surface area contributed by atoms with Crippen LogP contribution in [0.15, 0.2) is 43.2 Å². The molecule has 0 spiro atoms. The summed E-state index contributed by atoms with van der Waals surface area (Å²) >= 11 is 18.1. The summed E-state index contributed by atoms with van der Waals surface area (Å²) in [6.07, 6.45) is 3.93. The number of benzene rings is 2. The largest absolute Gasteiger partial charge is 0.489 e. The van der Waals surface area contributed by atoms with Gasteiger partial charge in [0.05, 0.1) is 11.5 Å². The van der Waals surface area contributed by atoms with E-state index in [1.54, 1.807) is 12.5 Å². The van der Waals surface area contributed by atoms with Crippen molar-refractivity contribution in [3.63, 3.8) is 0 Å². The number of hydrogen-bond donors (Lipinski definition) is 0. The van der Waals surface area contributed by atoms with Crippen molar-refractivity contribution in [2.45, 2.75) is 59.2 Å². The van der Waals surface area contributed by atoms with Crippen molar-refractivity contribution in [1.29, 1.82) is 0 Å². The SMILES string of the molecule is C=CC(=O)OC(COC(=O)CSC)COc1c(C)c(Br)c(C(C)(C)c2c(Br)c(C)c(OCC(COC(=O)CSC)OC(=O)C=C)c(C)c2Br)c(Br)c1C. The van der Waals surface area contributed by atoms with Crippen molar-refractivity contribution >= 4 is 111 Å². The van der Waals surface area contributed by atoms with Crippen molar-refractivity contribution in [3.05, 3.63) is 76.6 Å². The lowest BCUT2D eigenvalue weighted by molar-refractivity contribution is -0.155. The number of rotatable bonds is 20. The van der Waals surface area contributed by atoms with Crippen LogP contribution in [0.2, 0.25) is 0 Å². The quantitative estimate of drug-likeness (QED) is 0.0715. The molecule has 0 saturated carbocycles. The highest BCUT2D eigenvalue weighted by molar-refractivity contribution is 9.11. The molecule has 2 aromatic carbocycles. The molecule has 0 aliphatic rings. The molecule has 0 amide bonds. The fourth-order valence-electron chi connectivity index (χ4n) is 5.26. The lowest BCUT2D eigenvalue weighted by Crippen LogP contribution is -2.31. The van der Waals surface area contributed by atoms with E-state index in [1.165, 1.54) is 23.5 Å². The molecule has 0 heterocycles. The summed E-state index contributed by atoms with van der Waals surface area (Å²) < 4.78 is 37.1. The predicted molar refractivity (Wildman–Crippen MR) is 225 cm³/mol. The van der Waals surface area contributed by atoms with E-state index < -0.39 is 41.5 Å². The Balaban J connectivity index is 2.50. The van der Waals surface area contributed by atoms with Crippen molar-refractivity contribution in [3.8, 4) is 11.5 Å². The monoisotopic (exact) mass is 1030 g/mol. The minimum Gasteiger partial charge on any atom is -0.489 e. The maximum absolute atomic E-state index is 12.0. The van der Waals surface area contributed by atoms with Gasteiger partial charge in [-0.15, -0.1) is 0 Å². The molecule has 0 bridgehead atoms. The first-order valence-corrected chi connectivity index (χ1v) is 22.0. The van der Waals surface area contributed by atoms with Gasteiger partial charge in [-0.2, -0.15) is 23.5 Å². The van der Waals surface area contributed by atoms with Crippen LogP contribution < -0.4 is 9.47 Å². The van der Waals surface area contributed by atoms with Gasteiger partial charge in [0.2, 0.25) is 0 Å². The van der Waals surface area contributed by atoms with Crippen LogP contribution in [-0.4, -0.2) is 86.5 Å². The van der Waals surface area contributed by atoms with E-state index in [0.717, 1.165) is 63.4 Å².